The minimum Gasteiger partial charge on any atom is -0.378 e. The molecule has 3 aromatic carbocycles. The fraction of sp³-hybridized carbons (Fsp3) is 0.185. The average Bonchev–Trinajstić information content (AvgIpc) is 3.03. The number of anilines is 3. The zero-order valence-electron chi connectivity index (χ0n) is 19.4. The molecule has 1 aliphatic rings. The predicted molar refractivity (Wildman–Crippen MR) is 136 cm³/mol. The van der Waals surface area contributed by atoms with Gasteiger partial charge < -0.3 is 10.2 Å². The van der Waals surface area contributed by atoms with Crippen molar-refractivity contribution in [2.75, 3.05) is 29.2 Å². The van der Waals surface area contributed by atoms with Crippen molar-refractivity contribution in [3.05, 3.63) is 93.6 Å². The lowest BCUT2D eigenvalue weighted by atomic mass is 9.99. The van der Waals surface area contributed by atoms with E-state index in [0.29, 0.717) is 27.5 Å². The molecule has 0 saturated carbocycles. The van der Waals surface area contributed by atoms with Gasteiger partial charge in [-0.3, -0.25) is 9.59 Å². The number of carbonyl (C=O) groups excluding carboxylic acids is 2. The summed E-state index contributed by atoms with van der Waals surface area (Å²) < 4.78 is 0. The Morgan fingerprint density at radius 3 is 2.18 bits per heavy atom. The van der Waals surface area contributed by atoms with E-state index in [2.05, 4.69) is 5.32 Å². The smallest absolute Gasteiger partial charge is 0.282 e. The van der Waals surface area contributed by atoms with Crippen molar-refractivity contribution in [3.8, 4) is 0 Å². The molecule has 0 bridgehead atoms. The van der Waals surface area contributed by atoms with Crippen molar-refractivity contribution in [1.29, 1.82) is 0 Å². The molecule has 0 spiro atoms. The Bertz CT molecular complexity index is 1290. The van der Waals surface area contributed by atoms with Crippen LogP contribution in [0.2, 0.25) is 5.02 Å². The number of benzene rings is 3. The fourth-order valence-corrected chi connectivity index (χ4v) is 4.00. The lowest BCUT2D eigenvalue weighted by Gasteiger charge is -2.18. The fourth-order valence-electron chi connectivity index (χ4n) is 3.82. The summed E-state index contributed by atoms with van der Waals surface area (Å²) in [6.45, 7) is 5.88. The lowest BCUT2D eigenvalue weighted by molar-refractivity contribution is -0.120. The largest absolute Gasteiger partial charge is 0.378 e. The van der Waals surface area contributed by atoms with E-state index in [1.807, 2.05) is 82.2 Å². The summed E-state index contributed by atoms with van der Waals surface area (Å²) in [7, 11) is 3.88. The number of nitrogens with zero attached hydrogens (tertiary/aromatic N) is 2. The van der Waals surface area contributed by atoms with Crippen LogP contribution in [0.3, 0.4) is 0 Å². The molecule has 1 N–H and O–H groups in total. The molecule has 33 heavy (non-hydrogen) atoms. The lowest BCUT2D eigenvalue weighted by Crippen LogP contribution is -2.32. The highest BCUT2D eigenvalue weighted by atomic mass is 35.5. The second-order valence-corrected chi connectivity index (χ2v) is 8.85. The summed E-state index contributed by atoms with van der Waals surface area (Å²) in [5.41, 5.74) is 6.45. The SMILES string of the molecule is Cc1ccc(C2=C(Nc3cccc(Cl)c3C)C(=O)N(c3ccc(N(C)C)cc3)C2=O)cc1C. The first kappa shape index (κ1) is 22.6. The summed E-state index contributed by atoms with van der Waals surface area (Å²) in [6.07, 6.45) is 0. The summed E-state index contributed by atoms with van der Waals surface area (Å²) in [4.78, 5) is 30.5. The van der Waals surface area contributed by atoms with E-state index in [-0.39, 0.29) is 11.6 Å². The molecule has 3 aromatic rings. The summed E-state index contributed by atoms with van der Waals surface area (Å²) in [6, 6.07) is 18.6. The van der Waals surface area contributed by atoms with Crippen molar-refractivity contribution >= 4 is 46.1 Å². The third kappa shape index (κ3) is 4.12. The Morgan fingerprint density at radius 1 is 0.848 bits per heavy atom. The Hall–Kier alpha value is -3.57. The summed E-state index contributed by atoms with van der Waals surface area (Å²) in [5, 5.41) is 3.80. The van der Waals surface area contributed by atoms with E-state index in [1.165, 1.54) is 4.90 Å². The van der Waals surface area contributed by atoms with E-state index < -0.39 is 5.91 Å². The monoisotopic (exact) mass is 459 g/mol. The highest BCUT2D eigenvalue weighted by Crippen LogP contribution is 2.36. The van der Waals surface area contributed by atoms with Gasteiger partial charge in [0.25, 0.3) is 11.8 Å². The molecule has 4 rings (SSSR count). The number of aryl methyl sites for hydroxylation is 2. The van der Waals surface area contributed by atoms with Gasteiger partial charge in [-0.2, -0.15) is 0 Å². The van der Waals surface area contributed by atoms with Gasteiger partial charge in [-0.15, -0.1) is 0 Å². The molecule has 0 unspecified atom stereocenters. The number of rotatable bonds is 5. The van der Waals surface area contributed by atoms with Crippen molar-refractivity contribution < 1.29 is 9.59 Å². The van der Waals surface area contributed by atoms with Crippen LogP contribution in [0.4, 0.5) is 17.1 Å². The van der Waals surface area contributed by atoms with Gasteiger partial charge in [0.2, 0.25) is 0 Å². The van der Waals surface area contributed by atoms with Gasteiger partial charge in [0.1, 0.15) is 5.70 Å². The third-order valence-corrected chi connectivity index (χ3v) is 6.44. The highest BCUT2D eigenvalue weighted by molar-refractivity contribution is 6.46. The van der Waals surface area contributed by atoms with Crippen molar-refractivity contribution in [1.82, 2.24) is 0 Å². The van der Waals surface area contributed by atoms with E-state index in [9.17, 15) is 9.59 Å². The molecule has 0 aliphatic carbocycles. The molecular weight excluding hydrogens is 434 g/mol. The summed E-state index contributed by atoms with van der Waals surface area (Å²) in [5.74, 6) is -0.756. The van der Waals surface area contributed by atoms with Gasteiger partial charge in [0, 0.05) is 30.5 Å². The predicted octanol–water partition coefficient (Wildman–Crippen LogP) is 5.73. The minimum absolute atomic E-state index is 0.241. The first-order chi connectivity index (χ1) is 15.7. The van der Waals surface area contributed by atoms with Crippen molar-refractivity contribution in [3.63, 3.8) is 0 Å². The van der Waals surface area contributed by atoms with Crippen LogP contribution >= 0.6 is 11.6 Å². The van der Waals surface area contributed by atoms with Crippen LogP contribution in [-0.2, 0) is 9.59 Å². The number of hydrogen-bond acceptors (Lipinski definition) is 4. The normalized spacial score (nSPS) is 13.7. The van der Waals surface area contributed by atoms with Crippen LogP contribution in [0.1, 0.15) is 22.3 Å². The number of amides is 2. The van der Waals surface area contributed by atoms with Gasteiger partial charge in [-0.25, -0.2) is 4.90 Å². The molecule has 168 valence electrons. The van der Waals surface area contributed by atoms with Crippen LogP contribution in [0.25, 0.3) is 5.57 Å². The van der Waals surface area contributed by atoms with E-state index in [1.54, 1.807) is 18.2 Å². The average molecular weight is 460 g/mol. The number of hydrogen-bond donors (Lipinski definition) is 1. The van der Waals surface area contributed by atoms with E-state index >= 15 is 0 Å². The zero-order chi connectivity index (χ0) is 23.9. The molecule has 0 fully saturated rings. The molecule has 6 heteroatoms. The first-order valence-corrected chi connectivity index (χ1v) is 11.1. The van der Waals surface area contributed by atoms with Crippen LogP contribution in [0.15, 0.2) is 66.4 Å². The van der Waals surface area contributed by atoms with Gasteiger partial charge in [0.15, 0.2) is 0 Å². The molecule has 2 amide bonds. The maximum absolute atomic E-state index is 13.7. The maximum atomic E-state index is 13.7. The molecular formula is C27H26ClN3O2. The zero-order valence-corrected chi connectivity index (χ0v) is 20.1. The van der Waals surface area contributed by atoms with Crippen LogP contribution < -0.4 is 15.1 Å². The molecule has 0 aromatic heterocycles. The highest BCUT2D eigenvalue weighted by Gasteiger charge is 2.40. The van der Waals surface area contributed by atoms with Gasteiger partial charge >= 0.3 is 0 Å². The molecule has 0 atom stereocenters. The Kier molecular flexibility index (Phi) is 6.00. The molecule has 0 radical (unpaired) electrons. The minimum atomic E-state index is -0.398. The number of imide groups is 1. The quantitative estimate of drug-likeness (QED) is 0.495. The summed E-state index contributed by atoms with van der Waals surface area (Å²) >= 11 is 6.30. The standard InChI is InChI=1S/C27H26ClN3O2/c1-16-9-10-19(15-17(16)2)24-25(29-23-8-6-7-22(28)18(23)3)27(33)31(26(24)32)21-13-11-20(12-14-21)30(4)5/h6-15,29H,1-5H3. The van der Waals surface area contributed by atoms with Crippen LogP contribution in [-0.4, -0.2) is 25.9 Å². The van der Waals surface area contributed by atoms with Gasteiger partial charge in [0.05, 0.1) is 11.3 Å². The Labute approximate surface area is 199 Å². The first-order valence-electron chi connectivity index (χ1n) is 10.7. The van der Waals surface area contributed by atoms with E-state index in [4.69, 9.17) is 11.6 Å². The molecule has 1 heterocycles. The van der Waals surface area contributed by atoms with Gasteiger partial charge in [-0.05, 0) is 79.4 Å². The topological polar surface area (TPSA) is 52.7 Å². The third-order valence-electron chi connectivity index (χ3n) is 6.03. The van der Waals surface area contributed by atoms with Crippen molar-refractivity contribution in [2.45, 2.75) is 20.8 Å². The maximum Gasteiger partial charge on any atom is 0.282 e. The van der Waals surface area contributed by atoms with Gasteiger partial charge in [-0.1, -0.05) is 35.9 Å². The van der Waals surface area contributed by atoms with Crippen molar-refractivity contribution in [2.24, 2.45) is 0 Å². The Morgan fingerprint density at radius 2 is 1.55 bits per heavy atom. The second kappa shape index (κ2) is 8.75. The number of halogens is 1. The van der Waals surface area contributed by atoms with Crippen LogP contribution in [0, 0.1) is 20.8 Å². The number of carbonyl (C=O) groups is 2. The molecule has 1 aliphatic heterocycles. The Balaban J connectivity index is 1.83. The second-order valence-electron chi connectivity index (χ2n) is 8.44. The molecule has 5 nitrogen and oxygen atoms in total. The number of nitrogens with one attached hydrogen (secondary N) is 1. The molecule has 0 saturated heterocycles. The van der Waals surface area contributed by atoms with E-state index in [0.717, 1.165) is 22.4 Å². The van der Waals surface area contributed by atoms with Crippen LogP contribution in [0.5, 0.6) is 0 Å².